The Morgan fingerprint density at radius 3 is 2.85 bits per heavy atom. The van der Waals surface area contributed by atoms with Crippen LogP contribution < -0.4 is 5.32 Å². The fraction of sp³-hybridized carbons (Fsp3) is 0.303. The van der Waals surface area contributed by atoms with Crippen molar-refractivity contribution in [2.45, 2.75) is 51.6 Å². The summed E-state index contributed by atoms with van der Waals surface area (Å²) < 4.78 is 18.1. The quantitative estimate of drug-likeness (QED) is 0.261. The molecule has 0 fully saturated rings. The lowest BCUT2D eigenvalue weighted by atomic mass is 9.86. The smallest absolute Gasteiger partial charge is 0.224 e. The summed E-state index contributed by atoms with van der Waals surface area (Å²) in [6, 6.07) is 12.3. The molecule has 2 aliphatic heterocycles. The number of H-pyrrole nitrogens is 3. The number of allylic oxidation sites excluding steroid dienone is 7. The Labute approximate surface area is 240 Å². The predicted octanol–water partition coefficient (Wildman–Crippen LogP) is 6.74. The maximum Gasteiger partial charge on any atom is 0.224 e. The normalized spacial score (nSPS) is 18.8. The topological polar surface area (TPSA) is 104 Å². The number of carbonyl (C=O) groups excluding carboxylic acids is 1. The van der Waals surface area contributed by atoms with Crippen LogP contribution in [0.5, 0.6) is 0 Å². The van der Waals surface area contributed by atoms with Gasteiger partial charge in [-0.05, 0) is 73.4 Å². The van der Waals surface area contributed by atoms with Gasteiger partial charge in [-0.3, -0.25) is 15.0 Å². The molecule has 8 heteroatoms. The Morgan fingerprint density at radius 2 is 2.05 bits per heavy atom. The van der Waals surface area contributed by atoms with Crippen molar-refractivity contribution >= 4 is 5.91 Å². The highest BCUT2D eigenvalue weighted by Crippen LogP contribution is 2.36. The lowest BCUT2D eigenvalue weighted by molar-refractivity contribution is -0.120. The summed E-state index contributed by atoms with van der Waals surface area (Å²) >= 11 is 0. The van der Waals surface area contributed by atoms with E-state index in [4.69, 9.17) is 14.2 Å². The molecule has 0 bridgehead atoms. The fourth-order valence-corrected chi connectivity index (χ4v) is 4.98. The van der Waals surface area contributed by atoms with Crippen molar-refractivity contribution in [1.82, 2.24) is 20.7 Å². The van der Waals surface area contributed by atoms with Gasteiger partial charge >= 0.3 is 0 Å². The van der Waals surface area contributed by atoms with Gasteiger partial charge in [0.15, 0.2) is 6.10 Å². The van der Waals surface area contributed by atoms with Crippen LogP contribution in [0.15, 0.2) is 114 Å². The Bertz CT molecular complexity index is 1440. The van der Waals surface area contributed by atoms with Gasteiger partial charge in [-0.25, -0.2) is 5.21 Å². The lowest BCUT2D eigenvalue weighted by Gasteiger charge is -2.28. The second kappa shape index (κ2) is 13.7. The molecule has 0 saturated heterocycles. The highest BCUT2D eigenvalue weighted by atomic mass is 16.5. The SMILES string of the molecule is CCC(OC1=CCC(c2ccccc2-c2ccc[nH][nH][nH]2)C=C1NC(=O)CCC1=CC=C(C)CO1)C1=CC=CCO1. The lowest BCUT2D eigenvalue weighted by Crippen LogP contribution is -2.28. The number of hydrogen-bond donors (Lipinski definition) is 4. The molecular weight excluding hydrogens is 516 g/mol. The molecule has 1 aromatic carbocycles. The highest BCUT2D eigenvalue weighted by molar-refractivity contribution is 5.79. The van der Waals surface area contributed by atoms with E-state index in [0.29, 0.717) is 37.5 Å². The summed E-state index contributed by atoms with van der Waals surface area (Å²) in [5, 5.41) is 12.3. The minimum atomic E-state index is -0.253. The van der Waals surface area contributed by atoms with E-state index in [1.165, 1.54) is 5.57 Å². The molecule has 1 amide bonds. The number of nitrogens with one attached hydrogen (secondary N) is 4. The fourth-order valence-electron chi connectivity index (χ4n) is 4.98. The van der Waals surface area contributed by atoms with Crippen LogP contribution in [0.2, 0.25) is 0 Å². The standard InChI is InChI=1S/C33H38N4O4/c1-3-30(32-12-6-7-20-39-32)41-31-17-14-24(26-9-4-5-10-27(26)28-11-8-19-34-37-36-28)21-29(31)35-33(38)18-16-25-15-13-23(2)22-40-25/h4-13,15,17,19,21,24,30,34,36-37H,3,14,16,18,20,22H2,1-2H3,(H,35,38). The molecule has 5 rings (SSSR count). The summed E-state index contributed by atoms with van der Waals surface area (Å²) in [7, 11) is 0. The minimum Gasteiger partial charge on any atom is -0.494 e. The number of rotatable bonds is 10. The second-order valence-corrected chi connectivity index (χ2v) is 10.2. The average Bonchev–Trinajstić information content (AvgIpc) is 3.30. The second-order valence-electron chi connectivity index (χ2n) is 10.2. The van der Waals surface area contributed by atoms with Crippen LogP contribution >= 0.6 is 0 Å². The summed E-state index contributed by atoms with van der Waals surface area (Å²) in [5.74, 6) is 2.21. The summed E-state index contributed by atoms with van der Waals surface area (Å²) in [4.78, 5) is 13.2. The molecule has 41 heavy (non-hydrogen) atoms. The van der Waals surface area contributed by atoms with E-state index in [0.717, 1.165) is 41.2 Å². The first kappa shape index (κ1) is 28.0. The number of carbonyl (C=O) groups is 1. The van der Waals surface area contributed by atoms with Crippen LogP contribution in [0.3, 0.4) is 0 Å². The molecule has 0 saturated carbocycles. The highest BCUT2D eigenvalue weighted by Gasteiger charge is 2.26. The first-order chi connectivity index (χ1) is 20.1. The molecule has 1 aromatic heterocycles. The zero-order valence-electron chi connectivity index (χ0n) is 23.6. The van der Waals surface area contributed by atoms with E-state index in [9.17, 15) is 4.79 Å². The first-order valence-electron chi connectivity index (χ1n) is 14.2. The van der Waals surface area contributed by atoms with Crippen molar-refractivity contribution in [1.29, 1.82) is 0 Å². The van der Waals surface area contributed by atoms with Crippen LogP contribution in [0.25, 0.3) is 11.3 Å². The number of ether oxygens (including phenoxy) is 3. The maximum atomic E-state index is 13.2. The predicted molar refractivity (Wildman–Crippen MR) is 160 cm³/mol. The van der Waals surface area contributed by atoms with Crippen LogP contribution in [0.4, 0.5) is 0 Å². The average molecular weight is 555 g/mol. The van der Waals surface area contributed by atoms with Crippen molar-refractivity contribution in [2.24, 2.45) is 0 Å². The third-order valence-corrected chi connectivity index (χ3v) is 7.16. The monoisotopic (exact) mass is 554 g/mol. The molecule has 214 valence electrons. The molecule has 2 aromatic rings. The summed E-state index contributed by atoms with van der Waals surface area (Å²) in [6.45, 7) is 5.19. The van der Waals surface area contributed by atoms with Crippen molar-refractivity contribution in [3.8, 4) is 11.3 Å². The molecule has 3 heterocycles. The zero-order valence-corrected chi connectivity index (χ0v) is 23.6. The van der Waals surface area contributed by atoms with E-state index in [-0.39, 0.29) is 17.9 Å². The van der Waals surface area contributed by atoms with Crippen molar-refractivity contribution < 1.29 is 19.0 Å². The molecule has 4 N–H and O–H groups in total. The molecule has 3 aliphatic rings. The Kier molecular flexibility index (Phi) is 9.31. The Balaban J connectivity index is 1.40. The van der Waals surface area contributed by atoms with Gasteiger partial charge in [-0.15, -0.1) is 0 Å². The van der Waals surface area contributed by atoms with Gasteiger partial charge in [-0.1, -0.05) is 43.3 Å². The van der Waals surface area contributed by atoms with Crippen LogP contribution in [-0.2, 0) is 19.0 Å². The molecule has 2 atom stereocenters. The van der Waals surface area contributed by atoms with E-state index >= 15 is 0 Å². The summed E-state index contributed by atoms with van der Waals surface area (Å²) in [5.41, 5.74) is 4.99. The van der Waals surface area contributed by atoms with E-state index < -0.39 is 0 Å². The van der Waals surface area contributed by atoms with Gasteiger partial charge in [0.05, 0.1) is 17.2 Å². The number of aromatic nitrogens is 3. The maximum absolute atomic E-state index is 13.2. The van der Waals surface area contributed by atoms with E-state index in [2.05, 4.69) is 51.9 Å². The Hall–Kier alpha value is -4.59. The Morgan fingerprint density at radius 1 is 1.15 bits per heavy atom. The third kappa shape index (κ3) is 7.33. The molecule has 0 spiro atoms. The van der Waals surface area contributed by atoms with E-state index in [1.54, 1.807) is 0 Å². The van der Waals surface area contributed by atoms with Crippen LogP contribution in [-0.4, -0.2) is 40.6 Å². The third-order valence-electron chi connectivity index (χ3n) is 7.16. The van der Waals surface area contributed by atoms with Gasteiger partial charge in [0.25, 0.3) is 0 Å². The molecule has 0 radical (unpaired) electrons. The van der Waals surface area contributed by atoms with Gasteiger partial charge in [0, 0.05) is 30.5 Å². The van der Waals surface area contributed by atoms with Crippen molar-refractivity contribution in [3.63, 3.8) is 0 Å². The van der Waals surface area contributed by atoms with Gasteiger partial charge in [-0.2, -0.15) is 0 Å². The van der Waals surface area contributed by atoms with Gasteiger partial charge < -0.3 is 19.5 Å². The summed E-state index contributed by atoms with van der Waals surface area (Å²) in [6.07, 6.45) is 17.9. The molecular formula is C33H38N4O4. The molecule has 2 unspecified atom stereocenters. The van der Waals surface area contributed by atoms with E-state index in [1.807, 2.05) is 67.8 Å². The van der Waals surface area contributed by atoms with Crippen LogP contribution in [0.1, 0.15) is 51.0 Å². The first-order valence-corrected chi connectivity index (χ1v) is 14.2. The molecule has 1 aliphatic carbocycles. The van der Waals surface area contributed by atoms with Crippen molar-refractivity contribution in [3.05, 3.63) is 119 Å². The number of amides is 1. The minimum absolute atomic E-state index is 0.0300. The number of hydrogen-bond acceptors (Lipinski definition) is 4. The zero-order chi connectivity index (χ0) is 28.4. The number of benzene rings is 1. The molecule has 8 nitrogen and oxygen atoms in total. The van der Waals surface area contributed by atoms with Crippen molar-refractivity contribution in [2.75, 3.05) is 13.2 Å². The largest absolute Gasteiger partial charge is 0.494 e. The van der Waals surface area contributed by atoms with Gasteiger partial charge in [0.2, 0.25) is 5.91 Å². The van der Waals surface area contributed by atoms with Gasteiger partial charge in [0.1, 0.15) is 24.7 Å². The van der Waals surface area contributed by atoms with Crippen LogP contribution in [0, 0.1) is 0 Å². The number of aromatic amines is 3.